The van der Waals surface area contributed by atoms with Gasteiger partial charge in [0.05, 0.1) is 0 Å². The lowest BCUT2D eigenvalue weighted by Gasteiger charge is -1.98. The van der Waals surface area contributed by atoms with Crippen LogP contribution in [-0.2, 0) is 4.79 Å². The Hall–Kier alpha value is -0.370. The minimum Gasteiger partial charge on any atom is -0.316 e. The van der Waals surface area contributed by atoms with Crippen LogP contribution in [0.15, 0.2) is 0 Å². The Morgan fingerprint density at radius 3 is 3.12 bits per heavy atom. The first-order valence-corrected chi connectivity index (χ1v) is 3.08. The zero-order valence-electron chi connectivity index (χ0n) is 4.89. The van der Waals surface area contributed by atoms with E-state index in [2.05, 4.69) is 5.32 Å². The van der Waals surface area contributed by atoms with Crippen molar-refractivity contribution in [2.45, 2.75) is 12.8 Å². The topological polar surface area (TPSA) is 29.1 Å². The maximum atomic E-state index is 9.93. The fourth-order valence-corrected chi connectivity index (χ4v) is 1.05. The van der Waals surface area contributed by atoms with Crippen LogP contribution in [0.3, 0.4) is 0 Å². The molecule has 0 saturated carbocycles. The Bertz CT molecular complexity index is 76.6. The Morgan fingerprint density at radius 2 is 2.62 bits per heavy atom. The SMILES string of the molecule is O=CC[C@@H]1CCNC1. The van der Waals surface area contributed by atoms with E-state index in [0.29, 0.717) is 5.92 Å². The molecule has 1 heterocycles. The lowest BCUT2D eigenvalue weighted by Crippen LogP contribution is -2.08. The first-order valence-electron chi connectivity index (χ1n) is 3.08. The highest BCUT2D eigenvalue weighted by Gasteiger charge is 2.12. The van der Waals surface area contributed by atoms with Crippen LogP contribution in [0.1, 0.15) is 12.8 Å². The predicted molar refractivity (Wildman–Crippen MR) is 31.7 cm³/mol. The molecular weight excluding hydrogens is 102 g/mol. The van der Waals surface area contributed by atoms with Gasteiger partial charge in [-0.3, -0.25) is 0 Å². The molecule has 2 heteroatoms. The summed E-state index contributed by atoms with van der Waals surface area (Å²) in [5.74, 6) is 0.632. The summed E-state index contributed by atoms with van der Waals surface area (Å²) in [6, 6.07) is 0. The van der Waals surface area contributed by atoms with E-state index in [1.807, 2.05) is 0 Å². The molecule has 0 spiro atoms. The van der Waals surface area contributed by atoms with Gasteiger partial charge >= 0.3 is 0 Å². The molecule has 1 rings (SSSR count). The van der Waals surface area contributed by atoms with Crippen LogP contribution in [-0.4, -0.2) is 19.4 Å². The van der Waals surface area contributed by atoms with E-state index in [-0.39, 0.29) is 0 Å². The third-order valence-electron chi connectivity index (χ3n) is 1.59. The number of hydrogen-bond donors (Lipinski definition) is 1. The third kappa shape index (κ3) is 1.30. The van der Waals surface area contributed by atoms with Crippen LogP contribution in [0.25, 0.3) is 0 Å². The molecule has 0 aromatic carbocycles. The van der Waals surface area contributed by atoms with Crippen molar-refractivity contribution in [3.63, 3.8) is 0 Å². The molecule has 1 aliphatic heterocycles. The second-order valence-electron chi connectivity index (χ2n) is 2.26. The Kier molecular flexibility index (Phi) is 2.03. The van der Waals surface area contributed by atoms with E-state index in [9.17, 15) is 4.79 Å². The summed E-state index contributed by atoms with van der Waals surface area (Å²) in [7, 11) is 0. The smallest absolute Gasteiger partial charge is 0.120 e. The summed E-state index contributed by atoms with van der Waals surface area (Å²) in [4.78, 5) is 9.93. The molecule has 1 saturated heterocycles. The molecule has 0 unspecified atom stereocenters. The molecule has 2 nitrogen and oxygen atoms in total. The second-order valence-corrected chi connectivity index (χ2v) is 2.26. The summed E-state index contributed by atoms with van der Waals surface area (Å²) < 4.78 is 0. The summed E-state index contributed by atoms with van der Waals surface area (Å²) in [6.45, 7) is 2.14. The normalized spacial score (nSPS) is 28.2. The Balaban J connectivity index is 2.14. The molecule has 0 aliphatic carbocycles. The van der Waals surface area contributed by atoms with E-state index in [1.165, 1.54) is 6.42 Å². The minimum atomic E-state index is 0.632. The Labute approximate surface area is 49.3 Å². The van der Waals surface area contributed by atoms with Gasteiger partial charge in [0.1, 0.15) is 6.29 Å². The van der Waals surface area contributed by atoms with Gasteiger partial charge in [-0.25, -0.2) is 0 Å². The van der Waals surface area contributed by atoms with Crippen LogP contribution >= 0.6 is 0 Å². The van der Waals surface area contributed by atoms with Gasteiger partial charge in [-0.05, 0) is 25.4 Å². The molecule has 1 aliphatic rings. The number of nitrogens with one attached hydrogen (secondary N) is 1. The van der Waals surface area contributed by atoms with E-state index in [0.717, 1.165) is 25.8 Å². The fourth-order valence-electron chi connectivity index (χ4n) is 1.05. The van der Waals surface area contributed by atoms with E-state index >= 15 is 0 Å². The number of hydrogen-bond acceptors (Lipinski definition) is 2. The van der Waals surface area contributed by atoms with Crippen molar-refractivity contribution < 1.29 is 4.79 Å². The van der Waals surface area contributed by atoms with Crippen molar-refractivity contribution in [2.75, 3.05) is 13.1 Å². The quantitative estimate of drug-likeness (QED) is 0.518. The highest BCUT2D eigenvalue weighted by molar-refractivity contribution is 5.49. The zero-order chi connectivity index (χ0) is 5.82. The minimum absolute atomic E-state index is 0.632. The molecule has 8 heavy (non-hydrogen) atoms. The fraction of sp³-hybridized carbons (Fsp3) is 0.833. The zero-order valence-corrected chi connectivity index (χ0v) is 4.89. The summed E-state index contributed by atoms with van der Waals surface area (Å²) in [6.07, 6.45) is 2.93. The largest absolute Gasteiger partial charge is 0.316 e. The van der Waals surface area contributed by atoms with Gasteiger partial charge in [-0.1, -0.05) is 0 Å². The third-order valence-corrected chi connectivity index (χ3v) is 1.59. The van der Waals surface area contributed by atoms with E-state index in [4.69, 9.17) is 0 Å². The van der Waals surface area contributed by atoms with Crippen molar-refractivity contribution in [3.05, 3.63) is 0 Å². The maximum absolute atomic E-state index is 9.93. The van der Waals surface area contributed by atoms with Crippen LogP contribution in [0.4, 0.5) is 0 Å². The van der Waals surface area contributed by atoms with Gasteiger partial charge in [0.15, 0.2) is 0 Å². The first-order chi connectivity index (χ1) is 3.93. The monoisotopic (exact) mass is 113 g/mol. The molecule has 1 N–H and O–H groups in total. The predicted octanol–water partition coefficient (Wildman–Crippen LogP) is 0.185. The van der Waals surface area contributed by atoms with E-state index in [1.54, 1.807) is 0 Å². The molecule has 0 aromatic rings. The standard InChI is InChI=1S/C6H11NO/c8-4-2-6-1-3-7-5-6/h4,6-7H,1-3,5H2/t6-/m0/s1. The van der Waals surface area contributed by atoms with Crippen LogP contribution in [0.2, 0.25) is 0 Å². The molecule has 0 amide bonds. The van der Waals surface area contributed by atoms with Crippen molar-refractivity contribution >= 4 is 6.29 Å². The van der Waals surface area contributed by atoms with Crippen LogP contribution < -0.4 is 5.32 Å². The molecule has 1 fully saturated rings. The number of carbonyl (C=O) groups is 1. The number of aldehydes is 1. The average Bonchev–Trinajstić information content (AvgIpc) is 2.19. The van der Waals surface area contributed by atoms with Crippen molar-refractivity contribution in [2.24, 2.45) is 5.92 Å². The van der Waals surface area contributed by atoms with Gasteiger partial charge in [0.25, 0.3) is 0 Å². The lowest BCUT2D eigenvalue weighted by molar-refractivity contribution is -0.108. The molecule has 0 radical (unpaired) electrons. The average molecular weight is 113 g/mol. The van der Waals surface area contributed by atoms with Gasteiger partial charge in [-0.15, -0.1) is 0 Å². The molecule has 0 bridgehead atoms. The van der Waals surface area contributed by atoms with Crippen molar-refractivity contribution in [3.8, 4) is 0 Å². The number of carbonyl (C=O) groups excluding carboxylic acids is 1. The second kappa shape index (κ2) is 2.82. The first kappa shape index (κ1) is 5.76. The highest BCUT2D eigenvalue weighted by Crippen LogP contribution is 2.09. The van der Waals surface area contributed by atoms with Gasteiger partial charge in [0.2, 0.25) is 0 Å². The molecule has 0 aromatic heterocycles. The van der Waals surface area contributed by atoms with Gasteiger partial charge < -0.3 is 10.1 Å². The van der Waals surface area contributed by atoms with Gasteiger partial charge in [-0.2, -0.15) is 0 Å². The van der Waals surface area contributed by atoms with Crippen LogP contribution in [0, 0.1) is 5.92 Å². The van der Waals surface area contributed by atoms with Crippen LogP contribution in [0.5, 0.6) is 0 Å². The highest BCUT2D eigenvalue weighted by atomic mass is 16.1. The Morgan fingerprint density at radius 1 is 1.75 bits per heavy atom. The van der Waals surface area contributed by atoms with Crippen molar-refractivity contribution in [1.82, 2.24) is 5.32 Å². The molecule has 1 atom stereocenters. The van der Waals surface area contributed by atoms with Crippen molar-refractivity contribution in [1.29, 1.82) is 0 Å². The summed E-state index contributed by atoms with van der Waals surface area (Å²) in [5.41, 5.74) is 0. The lowest BCUT2D eigenvalue weighted by atomic mass is 10.1. The molecular formula is C6H11NO. The summed E-state index contributed by atoms with van der Waals surface area (Å²) >= 11 is 0. The number of rotatable bonds is 2. The summed E-state index contributed by atoms with van der Waals surface area (Å²) in [5, 5.41) is 3.20. The van der Waals surface area contributed by atoms with Gasteiger partial charge in [0, 0.05) is 6.42 Å². The van der Waals surface area contributed by atoms with E-state index < -0.39 is 0 Å². The maximum Gasteiger partial charge on any atom is 0.120 e. The molecule has 46 valence electrons.